The molecule has 98 valence electrons. The number of aliphatic hydroxyl groups is 1. The molecule has 3 heteroatoms. The van der Waals surface area contributed by atoms with Crippen LogP contribution in [-0.2, 0) is 13.6 Å². The molecule has 0 aliphatic heterocycles. The van der Waals surface area contributed by atoms with E-state index in [1.165, 1.54) is 44.9 Å². The van der Waals surface area contributed by atoms with E-state index in [2.05, 4.69) is 34.9 Å². The first-order chi connectivity index (χ1) is 8.33. The molecule has 17 heavy (non-hydrogen) atoms. The standard InChI is InChI=1S/C14H27N2O/c1-15-11-12-16(14-15)10-8-6-4-2-3-5-7-9-13-17/h11-12,14,17H,2-10,13H2,1H3/q+1. The van der Waals surface area contributed by atoms with Crippen LogP contribution in [0.2, 0.25) is 0 Å². The van der Waals surface area contributed by atoms with E-state index in [-0.39, 0.29) is 0 Å². The number of unbranched alkanes of at least 4 members (excludes halogenated alkanes) is 7. The molecule has 0 atom stereocenters. The summed E-state index contributed by atoms with van der Waals surface area (Å²) in [7, 11) is 2.06. The molecule has 1 rings (SSSR count). The Bertz CT molecular complexity index is 284. The Morgan fingerprint density at radius 3 is 2.06 bits per heavy atom. The molecule has 0 saturated carbocycles. The van der Waals surface area contributed by atoms with Crippen LogP contribution in [0.25, 0.3) is 0 Å². The first kappa shape index (κ1) is 14.2. The Kier molecular flexibility index (Phi) is 7.72. The van der Waals surface area contributed by atoms with Gasteiger partial charge in [-0.2, -0.15) is 0 Å². The van der Waals surface area contributed by atoms with Gasteiger partial charge in [-0.3, -0.25) is 0 Å². The molecule has 0 aromatic carbocycles. The lowest BCUT2D eigenvalue weighted by Gasteiger charge is -2.00. The number of hydrogen-bond donors (Lipinski definition) is 1. The van der Waals surface area contributed by atoms with Crippen molar-refractivity contribution >= 4 is 0 Å². The summed E-state index contributed by atoms with van der Waals surface area (Å²) in [4.78, 5) is 0. The normalized spacial score (nSPS) is 10.9. The lowest BCUT2D eigenvalue weighted by atomic mass is 10.1. The van der Waals surface area contributed by atoms with Crippen LogP contribution in [-0.4, -0.2) is 16.3 Å². The van der Waals surface area contributed by atoms with Gasteiger partial charge in [-0.15, -0.1) is 0 Å². The summed E-state index contributed by atoms with van der Waals surface area (Å²) < 4.78 is 4.34. The summed E-state index contributed by atoms with van der Waals surface area (Å²) in [5.74, 6) is 0. The predicted molar refractivity (Wildman–Crippen MR) is 69.6 cm³/mol. The van der Waals surface area contributed by atoms with Crippen LogP contribution in [0.1, 0.15) is 51.4 Å². The maximum Gasteiger partial charge on any atom is 0.243 e. The monoisotopic (exact) mass is 239 g/mol. The second-order valence-corrected chi connectivity index (χ2v) is 4.87. The SMILES string of the molecule is C[n+]1ccn(CCCCCCCCCCO)c1. The Morgan fingerprint density at radius 1 is 0.941 bits per heavy atom. The third kappa shape index (κ3) is 7.16. The van der Waals surface area contributed by atoms with Gasteiger partial charge in [0.25, 0.3) is 0 Å². The minimum Gasteiger partial charge on any atom is -0.396 e. The third-order valence-corrected chi connectivity index (χ3v) is 3.15. The summed E-state index contributed by atoms with van der Waals surface area (Å²) in [6.45, 7) is 1.50. The fraction of sp³-hybridized carbons (Fsp3) is 0.786. The van der Waals surface area contributed by atoms with Gasteiger partial charge in [-0.25, -0.2) is 9.13 Å². The average molecular weight is 239 g/mol. The number of nitrogens with zero attached hydrogens (tertiary/aromatic N) is 2. The second kappa shape index (κ2) is 9.23. The van der Waals surface area contributed by atoms with Crippen LogP contribution in [0.3, 0.4) is 0 Å². The highest BCUT2D eigenvalue weighted by molar-refractivity contribution is 4.65. The van der Waals surface area contributed by atoms with E-state index in [0.29, 0.717) is 6.61 Å². The summed E-state index contributed by atoms with van der Waals surface area (Å²) in [5.41, 5.74) is 0. The molecule has 0 spiro atoms. The molecule has 1 aromatic heterocycles. The first-order valence-corrected chi connectivity index (χ1v) is 6.95. The van der Waals surface area contributed by atoms with Crippen LogP contribution in [0.15, 0.2) is 18.7 Å². The number of aliphatic hydroxyl groups excluding tert-OH is 1. The molecule has 3 nitrogen and oxygen atoms in total. The van der Waals surface area contributed by atoms with Crippen molar-refractivity contribution in [1.29, 1.82) is 0 Å². The highest BCUT2D eigenvalue weighted by Gasteiger charge is 1.99. The minimum absolute atomic E-state index is 0.355. The Hall–Kier alpha value is -0.830. The molecule has 0 aliphatic rings. The molecule has 0 saturated heterocycles. The van der Waals surface area contributed by atoms with Crippen molar-refractivity contribution in [1.82, 2.24) is 4.57 Å². The zero-order valence-electron chi connectivity index (χ0n) is 11.1. The molecule has 0 bridgehead atoms. The number of rotatable bonds is 10. The largest absolute Gasteiger partial charge is 0.396 e. The summed E-state index contributed by atoms with van der Waals surface area (Å²) >= 11 is 0. The van der Waals surface area contributed by atoms with Crippen molar-refractivity contribution in [3.63, 3.8) is 0 Å². The Balaban J connectivity index is 1.84. The van der Waals surface area contributed by atoms with Gasteiger partial charge in [0.05, 0.1) is 13.6 Å². The fourth-order valence-electron chi connectivity index (χ4n) is 2.10. The van der Waals surface area contributed by atoms with E-state index in [0.717, 1.165) is 13.0 Å². The third-order valence-electron chi connectivity index (χ3n) is 3.15. The van der Waals surface area contributed by atoms with Gasteiger partial charge < -0.3 is 5.11 Å². The minimum atomic E-state index is 0.355. The van der Waals surface area contributed by atoms with Crippen LogP contribution < -0.4 is 4.57 Å². The highest BCUT2D eigenvalue weighted by atomic mass is 16.2. The fourth-order valence-corrected chi connectivity index (χ4v) is 2.10. The van der Waals surface area contributed by atoms with Crippen molar-refractivity contribution < 1.29 is 9.67 Å². The molecule has 0 aliphatic carbocycles. The highest BCUT2D eigenvalue weighted by Crippen LogP contribution is 2.08. The van der Waals surface area contributed by atoms with Crippen LogP contribution in [0, 0.1) is 0 Å². The second-order valence-electron chi connectivity index (χ2n) is 4.87. The van der Waals surface area contributed by atoms with Gasteiger partial charge >= 0.3 is 0 Å². The lowest BCUT2D eigenvalue weighted by molar-refractivity contribution is -0.671. The molecular formula is C14H27N2O+. The molecule has 0 amide bonds. The maximum absolute atomic E-state index is 8.64. The van der Waals surface area contributed by atoms with Crippen molar-refractivity contribution in [3.8, 4) is 0 Å². The predicted octanol–water partition coefficient (Wildman–Crippen LogP) is 2.43. The van der Waals surface area contributed by atoms with Gasteiger partial charge in [0, 0.05) is 6.61 Å². The van der Waals surface area contributed by atoms with Gasteiger partial charge in [0.1, 0.15) is 12.4 Å². The Labute approximate surface area is 105 Å². The Morgan fingerprint density at radius 2 is 1.53 bits per heavy atom. The molecule has 0 unspecified atom stereocenters. The quantitative estimate of drug-likeness (QED) is 0.493. The van der Waals surface area contributed by atoms with Crippen LogP contribution in [0.4, 0.5) is 0 Å². The lowest BCUT2D eigenvalue weighted by Crippen LogP contribution is -2.23. The van der Waals surface area contributed by atoms with Crippen molar-refractivity contribution in [3.05, 3.63) is 18.7 Å². The van der Waals surface area contributed by atoms with Crippen LogP contribution >= 0.6 is 0 Å². The molecule has 1 aromatic rings. The zero-order valence-corrected chi connectivity index (χ0v) is 11.1. The number of hydrogen-bond acceptors (Lipinski definition) is 1. The van der Waals surface area contributed by atoms with Gasteiger partial charge in [-0.05, 0) is 19.3 Å². The van der Waals surface area contributed by atoms with E-state index >= 15 is 0 Å². The number of aryl methyl sites for hydroxylation is 2. The van der Waals surface area contributed by atoms with Gasteiger partial charge in [0.15, 0.2) is 0 Å². The zero-order chi connectivity index (χ0) is 12.3. The molecule has 0 fully saturated rings. The molecule has 0 radical (unpaired) electrons. The molecule has 1 N–H and O–H groups in total. The van der Waals surface area contributed by atoms with Crippen molar-refractivity contribution in [2.24, 2.45) is 7.05 Å². The van der Waals surface area contributed by atoms with E-state index in [1.54, 1.807) is 0 Å². The van der Waals surface area contributed by atoms with E-state index in [4.69, 9.17) is 5.11 Å². The maximum atomic E-state index is 8.64. The first-order valence-electron chi connectivity index (χ1n) is 6.95. The van der Waals surface area contributed by atoms with E-state index in [9.17, 15) is 0 Å². The number of imidazole rings is 1. The van der Waals surface area contributed by atoms with E-state index in [1.807, 2.05) is 0 Å². The molecular weight excluding hydrogens is 212 g/mol. The summed E-state index contributed by atoms with van der Waals surface area (Å²) in [6, 6.07) is 0. The molecule has 1 heterocycles. The van der Waals surface area contributed by atoms with Gasteiger partial charge in [0.2, 0.25) is 6.33 Å². The van der Waals surface area contributed by atoms with Crippen molar-refractivity contribution in [2.45, 2.75) is 57.9 Å². The topological polar surface area (TPSA) is 29.0 Å². The average Bonchev–Trinajstić information content (AvgIpc) is 2.73. The van der Waals surface area contributed by atoms with Gasteiger partial charge in [-0.1, -0.05) is 32.1 Å². The smallest absolute Gasteiger partial charge is 0.243 e. The number of aromatic nitrogens is 2. The van der Waals surface area contributed by atoms with Crippen LogP contribution in [0.5, 0.6) is 0 Å². The summed E-state index contributed by atoms with van der Waals surface area (Å²) in [5, 5.41) is 8.64. The van der Waals surface area contributed by atoms with E-state index < -0.39 is 0 Å². The van der Waals surface area contributed by atoms with Crippen molar-refractivity contribution in [2.75, 3.05) is 6.61 Å². The summed E-state index contributed by atoms with van der Waals surface area (Å²) in [6.07, 6.45) is 16.5.